The van der Waals surface area contributed by atoms with E-state index in [0.29, 0.717) is 0 Å². The van der Waals surface area contributed by atoms with Crippen LogP contribution in [0.25, 0.3) is 0 Å². The van der Waals surface area contributed by atoms with Gasteiger partial charge < -0.3 is 10.1 Å². The van der Waals surface area contributed by atoms with Gasteiger partial charge in [0.1, 0.15) is 5.75 Å². The molecule has 1 aliphatic rings. The van der Waals surface area contributed by atoms with Crippen molar-refractivity contribution < 1.29 is 17.9 Å². The Balaban J connectivity index is 2.04. The van der Waals surface area contributed by atoms with E-state index in [1.807, 2.05) is 0 Å². The average Bonchev–Trinajstić information content (AvgIpc) is 2.69. The van der Waals surface area contributed by atoms with E-state index in [1.165, 1.54) is 12.1 Å². The molecule has 2 nitrogen and oxygen atoms in total. The van der Waals surface area contributed by atoms with Crippen molar-refractivity contribution in [2.75, 3.05) is 12.3 Å². The molecule has 1 saturated heterocycles. The first kappa shape index (κ1) is 11.6. The van der Waals surface area contributed by atoms with E-state index in [-0.39, 0.29) is 11.1 Å². The van der Waals surface area contributed by atoms with Gasteiger partial charge in [-0.1, -0.05) is 12.1 Å². The van der Waals surface area contributed by atoms with E-state index in [1.54, 1.807) is 23.9 Å². The summed E-state index contributed by atoms with van der Waals surface area (Å²) in [5.74, 6) is 0.838. The van der Waals surface area contributed by atoms with Crippen molar-refractivity contribution in [3.05, 3.63) is 29.8 Å². The first-order valence-corrected chi connectivity index (χ1v) is 5.80. The summed E-state index contributed by atoms with van der Waals surface area (Å²) in [6.07, 6.45) is -4.62. The van der Waals surface area contributed by atoms with Crippen LogP contribution in [0.2, 0.25) is 0 Å². The highest BCUT2D eigenvalue weighted by Crippen LogP contribution is 2.31. The first-order chi connectivity index (χ1) is 7.54. The Hall–Kier alpha value is -0.880. The van der Waals surface area contributed by atoms with Crippen molar-refractivity contribution in [3.8, 4) is 5.75 Å². The van der Waals surface area contributed by atoms with Crippen molar-refractivity contribution in [1.29, 1.82) is 0 Å². The van der Waals surface area contributed by atoms with Crippen molar-refractivity contribution in [1.82, 2.24) is 5.32 Å². The second kappa shape index (κ2) is 4.55. The topological polar surface area (TPSA) is 21.3 Å². The van der Waals surface area contributed by atoms with Gasteiger partial charge in [0, 0.05) is 12.3 Å². The van der Waals surface area contributed by atoms with Crippen LogP contribution >= 0.6 is 11.8 Å². The van der Waals surface area contributed by atoms with Crippen molar-refractivity contribution in [2.45, 2.75) is 11.7 Å². The first-order valence-electron chi connectivity index (χ1n) is 4.75. The van der Waals surface area contributed by atoms with Crippen molar-refractivity contribution in [3.63, 3.8) is 0 Å². The zero-order valence-corrected chi connectivity index (χ0v) is 9.07. The third kappa shape index (κ3) is 3.05. The molecule has 0 radical (unpaired) electrons. The minimum Gasteiger partial charge on any atom is -0.406 e. The number of hydrogen-bond donors (Lipinski definition) is 1. The quantitative estimate of drug-likeness (QED) is 0.870. The van der Waals surface area contributed by atoms with Crippen LogP contribution in [0.5, 0.6) is 5.75 Å². The second-order valence-corrected chi connectivity index (χ2v) is 4.53. The fourth-order valence-electron chi connectivity index (χ4n) is 1.48. The summed E-state index contributed by atoms with van der Waals surface area (Å²) in [5, 5.41) is 3.42. The van der Waals surface area contributed by atoms with Crippen LogP contribution in [0, 0.1) is 0 Å². The lowest BCUT2D eigenvalue weighted by molar-refractivity contribution is -0.274. The SMILES string of the molecule is FC(F)(F)Oc1ccc([C@H]2NCCS2)cc1. The van der Waals surface area contributed by atoms with Crippen LogP contribution in [-0.2, 0) is 0 Å². The van der Waals surface area contributed by atoms with Gasteiger partial charge in [0.15, 0.2) is 0 Å². The molecule has 0 unspecified atom stereocenters. The van der Waals surface area contributed by atoms with Crippen molar-refractivity contribution >= 4 is 11.8 Å². The van der Waals surface area contributed by atoms with Crippen molar-refractivity contribution in [2.24, 2.45) is 0 Å². The Kier molecular flexibility index (Phi) is 3.30. The summed E-state index contributed by atoms with van der Waals surface area (Å²) in [4.78, 5) is 0. The molecule has 0 aliphatic carbocycles. The smallest absolute Gasteiger partial charge is 0.406 e. The Labute approximate surface area is 95.2 Å². The van der Waals surface area contributed by atoms with Gasteiger partial charge in [-0.25, -0.2) is 0 Å². The molecule has 1 heterocycles. The highest BCUT2D eigenvalue weighted by atomic mass is 32.2. The molecular weight excluding hydrogens is 239 g/mol. The van der Waals surface area contributed by atoms with E-state index in [9.17, 15) is 13.2 Å². The Bertz CT molecular complexity index is 346. The summed E-state index contributed by atoms with van der Waals surface area (Å²) >= 11 is 1.74. The summed E-state index contributed by atoms with van der Waals surface area (Å²) in [6.45, 7) is 0.927. The number of nitrogens with one attached hydrogen (secondary N) is 1. The molecule has 0 aromatic heterocycles. The monoisotopic (exact) mass is 249 g/mol. The number of rotatable bonds is 2. The maximum absolute atomic E-state index is 11.9. The zero-order valence-electron chi connectivity index (χ0n) is 8.25. The molecule has 1 fully saturated rings. The molecule has 1 N–H and O–H groups in total. The lowest BCUT2D eigenvalue weighted by Gasteiger charge is -2.12. The maximum atomic E-state index is 11.9. The Morgan fingerprint density at radius 3 is 2.44 bits per heavy atom. The molecule has 0 bridgehead atoms. The van der Waals surface area contributed by atoms with Gasteiger partial charge >= 0.3 is 6.36 Å². The maximum Gasteiger partial charge on any atom is 0.573 e. The highest BCUT2D eigenvalue weighted by Gasteiger charge is 2.31. The van der Waals surface area contributed by atoms with Gasteiger partial charge in [-0.3, -0.25) is 0 Å². The number of hydrogen-bond acceptors (Lipinski definition) is 3. The highest BCUT2D eigenvalue weighted by molar-refractivity contribution is 7.99. The van der Waals surface area contributed by atoms with Gasteiger partial charge in [-0.2, -0.15) is 0 Å². The van der Waals surface area contributed by atoms with Gasteiger partial charge in [0.05, 0.1) is 5.37 Å². The summed E-state index contributed by atoms with van der Waals surface area (Å²) in [5.41, 5.74) is 0.969. The molecule has 1 aromatic rings. The molecule has 88 valence electrons. The number of alkyl halides is 3. The predicted molar refractivity (Wildman–Crippen MR) is 56.3 cm³/mol. The van der Waals surface area contributed by atoms with E-state index in [0.717, 1.165) is 17.9 Å². The molecule has 0 saturated carbocycles. The van der Waals surface area contributed by atoms with Crippen LogP contribution in [-0.4, -0.2) is 18.7 Å². The molecule has 1 aromatic carbocycles. The van der Waals surface area contributed by atoms with Crippen LogP contribution in [0.1, 0.15) is 10.9 Å². The molecule has 0 spiro atoms. The van der Waals surface area contributed by atoms with Crippen LogP contribution in [0.15, 0.2) is 24.3 Å². The molecule has 16 heavy (non-hydrogen) atoms. The second-order valence-electron chi connectivity index (χ2n) is 3.32. The summed E-state index contributed by atoms with van der Waals surface area (Å²) in [6, 6.07) is 5.97. The van der Waals surface area contributed by atoms with Gasteiger partial charge in [-0.05, 0) is 17.7 Å². The fraction of sp³-hybridized carbons (Fsp3) is 0.400. The van der Waals surface area contributed by atoms with Crippen LogP contribution < -0.4 is 10.1 Å². The third-order valence-electron chi connectivity index (χ3n) is 2.13. The van der Waals surface area contributed by atoms with E-state index >= 15 is 0 Å². The van der Waals surface area contributed by atoms with E-state index in [4.69, 9.17) is 0 Å². The third-order valence-corrected chi connectivity index (χ3v) is 3.34. The molecule has 1 aliphatic heterocycles. The normalized spacial score (nSPS) is 21.1. The number of thioether (sulfide) groups is 1. The minimum absolute atomic E-state index is 0.180. The predicted octanol–water partition coefficient (Wildman–Crippen LogP) is 2.92. The summed E-state index contributed by atoms with van der Waals surface area (Å²) in [7, 11) is 0. The Morgan fingerprint density at radius 2 is 1.94 bits per heavy atom. The van der Waals surface area contributed by atoms with Gasteiger partial charge in [0.25, 0.3) is 0 Å². The lowest BCUT2D eigenvalue weighted by Crippen LogP contribution is -2.17. The zero-order chi connectivity index (χ0) is 11.6. The van der Waals surface area contributed by atoms with Crippen LogP contribution in [0.4, 0.5) is 13.2 Å². The molecule has 2 rings (SSSR count). The lowest BCUT2D eigenvalue weighted by atomic mass is 10.2. The Morgan fingerprint density at radius 1 is 1.25 bits per heavy atom. The number of benzene rings is 1. The van der Waals surface area contributed by atoms with Crippen LogP contribution in [0.3, 0.4) is 0 Å². The number of halogens is 3. The average molecular weight is 249 g/mol. The number of ether oxygens (including phenoxy) is 1. The standard InChI is InChI=1S/C10H10F3NOS/c11-10(12,13)15-8-3-1-7(2-4-8)9-14-5-6-16-9/h1-4,9,14H,5-6H2/t9-/m0/s1. The van der Waals surface area contributed by atoms with E-state index < -0.39 is 6.36 Å². The molecule has 1 atom stereocenters. The minimum atomic E-state index is -4.62. The molecule has 0 amide bonds. The largest absolute Gasteiger partial charge is 0.573 e. The summed E-state index contributed by atoms with van der Waals surface area (Å²) < 4.78 is 39.5. The van der Waals surface area contributed by atoms with Gasteiger partial charge in [0.2, 0.25) is 0 Å². The molecule has 6 heteroatoms. The fourth-order valence-corrected chi connectivity index (χ4v) is 2.54. The van der Waals surface area contributed by atoms with E-state index in [2.05, 4.69) is 10.1 Å². The van der Waals surface area contributed by atoms with Gasteiger partial charge in [-0.15, -0.1) is 24.9 Å². The molecular formula is C10H10F3NOS.